The standard InChI is InChI=1S/C15H21NO2/c1-11-6-4-7-12(2)13(11)14(17)16-9-5-8-15(3,18)10-16/h4,6-7,18H,5,8-10H2,1-3H3. The van der Waals surface area contributed by atoms with Crippen LogP contribution in [0.25, 0.3) is 0 Å². The number of nitrogens with zero attached hydrogens (tertiary/aromatic N) is 1. The zero-order chi connectivity index (χ0) is 13.3. The van der Waals surface area contributed by atoms with E-state index in [1.54, 1.807) is 11.8 Å². The van der Waals surface area contributed by atoms with E-state index >= 15 is 0 Å². The van der Waals surface area contributed by atoms with E-state index in [0.29, 0.717) is 6.54 Å². The molecule has 0 aliphatic carbocycles. The smallest absolute Gasteiger partial charge is 0.254 e. The van der Waals surface area contributed by atoms with Crippen molar-refractivity contribution in [2.45, 2.75) is 39.2 Å². The Kier molecular flexibility index (Phi) is 3.44. The maximum absolute atomic E-state index is 12.5. The van der Waals surface area contributed by atoms with Crippen molar-refractivity contribution in [3.63, 3.8) is 0 Å². The minimum Gasteiger partial charge on any atom is -0.388 e. The third kappa shape index (κ3) is 2.56. The lowest BCUT2D eigenvalue weighted by Gasteiger charge is -2.37. The number of benzene rings is 1. The molecule has 0 spiro atoms. The molecule has 98 valence electrons. The van der Waals surface area contributed by atoms with Crippen LogP contribution >= 0.6 is 0 Å². The largest absolute Gasteiger partial charge is 0.388 e. The highest BCUT2D eigenvalue weighted by Crippen LogP contribution is 2.23. The topological polar surface area (TPSA) is 40.5 Å². The minimum absolute atomic E-state index is 0.0468. The van der Waals surface area contributed by atoms with Crippen molar-refractivity contribution in [1.82, 2.24) is 4.90 Å². The summed E-state index contributed by atoms with van der Waals surface area (Å²) in [5.41, 5.74) is 2.05. The summed E-state index contributed by atoms with van der Waals surface area (Å²) < 4.78 is 0. The summed E-state index contributed by atoms with van der Waals surface area (Å²) in [6, 6.07) is 5.89. The Labute approximate surface area is 108 Å². The quantitative estimate of drug-likeness (QED) is 0.827. The lowest BCUT2D eigenvalue weighted by Crippen LogP contribution is -2.48. The number of hydrogen-bond acceptors (Lipinski definition) is 2. The van der Waals surface area contributed by atoms with Gasteiger partial charge in [-0.1, -0.05) is 18.2 Å². The van der Waals surface area contributed by atoms with Crippen molar-refractivity contribution in [1.29, 1.82) is 0 Å². The van der Waals surface area contributed by atoms with Gasteiger partial charge in [-0.25, -0.2) is 0 Å². The first-order valence-corrected chi connectivity index (χ1v) is 6.48. The van der Waals surface area contributed by atoms with Crippen LogP contribution in [0.5, 0.6) is 0 Å². The first-order valence-electron chi connectivity index (χ1n) is 6.48. The summed E-state index contributed by atoms with van der Waals surface area (Å²) in [5.74, 6) is 0.0468. The van der Waals surface area contributed by atoms with E-state index in [0.717, 1.165) is 36.1 Å². The molecule has 1 aromatic rings. The minimum atomic E-state index is -0.746. The molecule has 1 saturated heterocycles. The van der Waals surface area contributed by atoms with Crippen molar-refractivity contribution in [3.05, 3.63) is 34.9 Å². The van der Waals surface area contributed by atoms with Gasteiger partial charge >= 0.3 is 0 Å². The number of aliphatic hydroxyl groups is 1. The second kappa shape index (κ2) is 4.73. The Bertz CT molecular complexity index is 445. The van der Waals surface area contributed by atoms with Gasteiger partial charge in [-0.3, -0.25) is 4.79 Å². The molecule has 1 amide bonds. The van der Waals surface area contributed by atoms with Gasteiger partial charge in [-0.05, 0) is 44.7 Å². The number of aryl methyl sites for hydroxylation is 2. The molecule has 1 heterocycles. The zero-order valence-electron chi connectivity index (χ0n) is 11.4. The molecule has 1 fully saturated rings. The third-order valence-electron chi connectivity index (χ3n) is 3.66. The summed E-state index contributed by atoms with van der Waals surface area (Å²) in [6.45, 7) is 6.89. The molecular formula is C15H21NO2. The first kappa shape index (κ1) is 13.1. The van der Waals surface area contributed by atoms with Crippen LogP contribution < -0.4 is 0 Å². The Morgan fingerprint density at radius 1 is 1.33 bits per heavy atom. The van der Waals surface area contributed by atoms with Gasteiger partial charge in [0.25, 0.3) is 5.91 Å². The Morgan fingerprint density at radius 3 is 2.50 bits per heavy atom. The van der Waals surface area contributed by atoms with Crippen LogP contribution in [0.2, 0.25) is 0 Å². The van der Waals surface area contributed by atoms with E-state index in [2.05, 4.69) is 0 Å². The fourth-order valence-electron chi connectivity index (χ4n) is 2.70. The molecule has 1 atom stereocenters. The van der Waals surface area contributed by atoms with Gasteiger partial charge in [0, 0.05) is 18.7 Å². The summed E-state index contributed by atoms with van der Waals surface area (Å²) >= 11 is 0. The van der Waals surface area contributed by atoms with Crippen LogP contribution in [0, 0.1) is 13.8 Å². The van der Waals surface area contributed by atoms with Gasteiger partial charge in [0.15, 0.2) is 0 Å². The third-order valence-corrected chi connectivity index (χ3v) is 3.66. The van der Waals surface area contributed by atoms with Crippen molar-refractivity contribution >= 4 is 5.91 Å². The fourth-order valence-corrected chi connectivity index (χ4v) is 2.70. The molecule has 0 aromatic heterocycles. The molecule has 0 bridgehead atoms. The highest BCUT2D eigenvalue weighted by molar-refractivity contribution is 5.97. The van der Waals surface area contributed by atoms with Crippen LogP contribution in [0.15, 0.2) is 18.2 Å². The van der Waals surface area contributed by atoms with E-state index in [-0.39, 0.29) is 5.91 Å². The summed E-state index contributed by atoms with van der Waals surface area (Å²) in [5, 5.41) is 10.1. The molecular weight excluding hydrogens is 226 g/mol. The van der Waals surface area contributed by atoms with E-state index in [1.165, 1.54) is 0 Å². The van der Waals surface area contributed by atoms with Gasteiger partial charge in [-0.15, -0.1) is 0 Å². The Balaban J connectivity index is 2.26. The van der Waals surface area contributed by atoms with Crippen molar-refractivity contribution in [2.24, 2.45) is 0 Å². The number of carbonyl (C=O) groups excluding carboxylic acids is 1. The lowest BCUT2D eigenvalue weighted by molar-refractivity contribution is -0.0108. The number of rotatable bonds is 1. The van der Waals surface area contributed by atoms with Gasteiger partial charge in [0.1, 0.15) is 0 Å². The van der Waals surface area contributed by atoms with Crippen LogP contribution in [0.4, 0.5) is 0 Å². The zero-order valence-corrected chi connectivity index (χ0v) is 11.4. The van der Waals surface area contributed by atoms with E-state index < -0.39 is 5.60 Å². The maximum atomic E-state index is 12.5. The van der Waals surface area contributed by atoms with Crippen LogP contribution in [-0.4, -0.2) is 34.6 Å². The van der Waals surface area contributed by atoms with Crippen molar-refractivity contribution in [3.8, 4) is 0 Å². The predicted octanol–water partition coefficient (Wildman–Crippen LogP) is 2.29. The van der Waals surface area contributed by atoms with Gasteiger partial charge in [0.05, 0.1) is 5.60 Å². The summed E-state index contributed by atoms with van der Waals surface area (Å²) in [4.78, 5) is 14.3. The molecule has 1 N–H and O–H groups in total. The summed E-state index contributed by atoms with van der Waals surface area (Å²) in [6.07, 6.45) is 1.63. The lowest BCUT2D eigenvalue weighted by atomic mass is 9.93. The average molecular weight is 247 g/mol. The number of carbonyl (C=O) groups is 1. The maximum Gasteiger partial charge on any atom is 0.254 e. The highest BCUT2D eigenvalue weighted by Gasteiger charge is 2.32. The van der Waals surface area contributed by atoms with Crippen LogP contribution in [0.3, 0.4) is 0 Å². The predicted molar refractivity (Wildman–Crippen MR) is 71.7 cm³/mol. The van der Waals surface area contributed by atoms with Crippen LogP contribution in [-0.2, 0) is 0 Å². The molecule has 3 nitrogen and oxygen atoms in total. The number of piperidine rings is 1. The molecule has 1 aromatic carbocycles. The SMILES string of the molecule is Cc1cccc(C)c1C(=O)N1CCCC(C)(O)C1. The highest BCUT2D eigenvalue weighted by atomic mass is 16.3. The molecule has 0 saturated carbocycles. The fraction of sp³-hybridized carbons (Fsp3) is 0.533. The molecule has 1 unspecified atom stereocenters. The summed E-state index contributed by atoms with van der Waals surface area (Å²) in [7, 11) is 0. The van der Waals surface area contributed by atoms with E-state index in [1.807, 2.05) is 32.0 Å². The van der Waals surface area contributed by atoms with Gasteiger partial charge in [0.2, 0.25) is 0 Å². The number of β-amino-alcohol motifs (C(OH)–C–C–N with tert-alkyl or cyclic N) is 1. The van der Waals surface area contributed by atoms with E-state index in [4.69, 9.17) is 0 Å². The van der Waals surface area contributed by atoms with Crippen molar-refractivity contribution < 1.29 is 9.90 Å². The van der Waals surface area contributed by atoms with Crippen LogP contribution in [0.1, 0.15) is 41.3 Å². The molecule has 2 rings (SSSR count). The first-order chi connectivity index (χ1) is 8.41. The molecule has 0 radical (unpaired) electrons. The number of amides is 1. The number of hydrogen-bond donors (Lipinski definition) is 1. The monoisotopic (exact) mass is 247 g/mol. The van der Waals surface area contributed by atoms with E-state index in [9.17, 15) is 9.90 Å². The average Bonchev–Trinajstić information content (AvgIpc) is 2.27. The second-order valence-corrected chi connectivity index (χ2v) is 5.59. The number of likely N-dealkylation sites (tertiary alicyclic amines) is 1. The normalized spacial score (nSPS) is 24.1. The second-order valence-electron chi connectivity index (χ2n) is 5.59. The Hall–Kier alpha value is -1.35. The molecule has 3 heteroatoms. The Morgan fingerprint density at radius 2 is 1.94 bits per heavy atom. The molecule has 18 heavy (non-hydrogen) atoms. The van der Waals surface area contributed by atoms with Gasteiger partial charge < -0.3 is 10.0 Å². The molecule has 1 aliphatic rings. The molecule has 1 aliphatic heterocycles. The van der Waals surface area contributed by atoms with Crippen molar-refractivity contribution in [2.75, 3.05) is 13.1 Å². The van der Waals surface area contributed by atoms with Gasteiger partial charge in [-0.2, -0.15) is 0 Å².